The minimum Gasteiger partial charge on any atom is -0.494 e. The average molecular weight is 459 g/mol. The Kier molecular flexibility index (Phi) is 8.47. The summed E-state index contributed by atoms with van der Waals surface area (Å²) in [5.41, 5.74) is 1.64. The van der Waals surface area contributed by atoms with Crippen LogP contribution in [-0.2, 0) is 11.8 Å². The largest absolute Gasteiger partial charge is 0.494 e. The molecule has 0 bridgehead atoms. The molecule has 176 valence electrons. The number of para-hydroxylation sites is 1. The number of carbonyl (C=O) groups excluding carboxylic acids is 1. The molecule has 0 fully saturated rings. The number of unbranched alkanes of at least 4 members (excludes halogenated alkanes) is 3. The summed E-state index contributed by atoms with van der Waals surface area (Å²) in [6.45, 7) is 4.58. The summed E-state index contributed by atoms with van der Waals surface area (Å²) in [5.74, 6) is 0.114. The summed E-state index contributed by atoms with van der Waals surface area (Å²) in [6, 6.07) is 18.3. The molecule has 2 aromatic carbocycles. The van der Waals surface area contributed by atoms with Gasteiger partial charge in [-0.1, -0.05) is 56.5 Å². The van der Waals surface area contributed by atoms with Gasteiger partial charge in [0.25, 0.3) is 11.5 Å². The third-order valence-corrected chi connectivity index (χ3v) is 5.62. The first-order valence-corrected chi connectivity index (χ1v) is 11.5. The van der Waals surface area contributed by atoms with Gasteiger partial charge < -0.3 is 10.1 Å². The number of hydrogen-bond donors (Lipinski definition) is 1. The van der Waals surface area contributed by atoms with E-state index in [4.69, 9.17) is 4.74 Å². The van der Waals surface area contributed by atoms with Crippen molar-refractivity contribution in [2.24, 2.45) is 7.05 Å². The van der Waals surface area contributed by atoms with E-state index in [1.807, 2.05) is 48.5 Å². The van der Waals surface area contributed by atoms with E-state index in [0.717, 1.165) is 18.6 Å². The van der Waals surface area contributed by atoms with E-state index in [0.29, 0.717) is 23.6 Å². The van der Waals surface area contributed by atoms with Gasteiger partial charge in [-0.15, -0.1) is 0 Å². The Morgan fingerprint density at radius 2 is 1.79 bits per heavy atom. The zero-order valence-corrected chi connectivity index (χ0v) is 19.9. The molecule has 0 unspecified atom stereocenters. The maximum atomic E-state index is 13.0. The van der Waals surface area contributed by atoms with Crippen molar-refractivity contribution in [2.75, 3.05) is 11.9 Å². The number of amides is 1. The zero-order chi connectivity index (χ0) is 24.5. The maximum absolute atomic E-state index is 13.0. The predicted molar refractivity (Wildman–Crippen MR) is 134 cm³/mol. The van der Waals surface area contributed by atoms with Gasteiger partial charge in [0.2, 0.25) is 0 Å². The molecule has 0 saturated heterocycles. The van der Waals surface area contributed by atoms with Gasteiger partial charge in [0.15, 0.2) is 0 Å². The van der Waals surface area contributed by atoms with Gasteiger partial charge >= 0.3 is 0 Å². The number of anilines is 1. The highest BCUT2D eigenvalue weighted by Gasteiger charge is 2.19. The van der Waals surface area contributed by atoms with Crippen molar-refractivity contribution in [2.45, 2.75) is 39.5 Å². The first-order valence-electron chi connectivity index (χ1n) is 11.5. The lowest BCUT2D eigenvalue weighted by molar-refractivity contribution is -0.112. The summed E-state index contributed by atoms with van der Waals surface area (Å²) in [4.78, 5) is 25.8. The summed E-state index contributed by atoms with van der Waals surface area (Å²) in [5, 5.41) is 12.2. The highest BCUT2D eigenvalue weighted by atomic mass is 16.5. The molecule has 0 saturated carbocycles. The number of aromatic nitrogens is 2. The lowest BCUT2D eigenvalue weighted by Crippen LogP contribution is -2.23. The number of nitriles is 1. The molecule has 0 radical (unpaired) electrons. The molecule has 1 aromatic heterocycles. The van der Waals surface area contributed by atoms with E-state index in [1.165, 1.54) is 23.6 Å². The van der Waals surface area contributed by atoms with Crippen LogP contribution in [0.4, 0.5) is 5.69 Å². The fourth-order valence-corrected chi connectivity index (χ4v) is 3.59. The van der Waals surface area contributed by atoms with Crippen molar-refractivity contribution in [1.82, 2.24) is 9.36 Å². The van der Waals surface area contributed by atoms with Crippen LogP contribution in [0.25, 0.3) is 11.8 Å². The van der Waals surface area contributed by atoms with Crippen LogP contribution in [0.3, 0.4) is 0 Å². The molecule has 1 heterocycles. The van der Waals surface area contributed by atoms with Crippen molar-refractivity contribution < 1.29 is 9.53 Å². The summed E-state index contributed by atoms with van der Waals surface area (Å²) >= 11 is 0. The Morgan fingerprint density at radius 3 is 2.44 bits per heavy atom. The number of benzene rings is 2. The van der Waals surface area contributed by atoms with Gasteiger partial charge in [-0.2, -0.15) is 5.26 Å². The number of rotatable bonds is 10. The molecule has 0 atom stereocenters. The predicted octanol–water partition coefficient (Wildman–Crippen LogP) is 4.99. The molecule has 0 aliphatic carbocycles. The van der Waals surface area contributed by atoms with E-state index < -0.39 is 5.91 Å². The second kappa shape index (κ2) is 11.7. The second-order valence-electron chi connectivity index (χ2n) is 8.04. The molecule has 7 heteroatoms. The van der Waals surface area contributed by atoms with Gasteiger partial charge in [-0.3, -0.25) is 14.3 Å². The first kappa shape index (κ1) is 24.6. The number of nitrogens with one attached hydrogen (secondary N) is 1. The SMILES string of the molecule is CCCCCCOc1ccc(/C=C(\C#N)C(=O)Nc2c(C)n(C)n(-c3ccccc3)c2=O)cc1. The molecule has 7 nitrogen and oxygen atoms in total. The number of carbonyl (C=O) groups is 1. The molecule has 3 rings (SSSR count). The summed E-state index contributed by atoms with van der Waals surface area (Å²) < 4.78 is 8.88. The maximum Gasteiger partial charge on any atom is 0.295 e. The normalized spacial score (nSPS) is 11.2. The monoisotopic (exact) mass is 458 g/mol. The van der Waals surface area contributed by atoms with Crippen LogP contribution in [-0.4, -0.2) is 21.9 Å². The van der Waals surface area contributed by atoms with Crippen molar-refractivity contribution >= 4 is 17.7 Å². The van der Waals surface area contributed by atoms with Crippen LogP contribution in [0.1, 0.15) is 43.9 Å². The molecule has 1 amide bonds. The number of ether oxygens (including phenoxy) is 1. The van der Waals surface area contributed by atoms with Gasteiger partial charge in [0.1, 0.15) is 23.1 Å². The van der Waals surface area contributed by atoms with Crippen LogP contribution in [0.15, 0.2) is 65.0 Å². The van der Waals surface area contributed by atoms with E-state index in [2.05, 4.69) is 12.2 Å². The van der Waals surface area contributed by atoms with Gasteiger partial charge in [-0.25, -0.2) is 4.68 Å². The highest BCUT2D eigenvalue weighted by Crippen LogP contribution is 2.18. The topological polar surface area (TPSA) is 89.0 Å². The third-order valence-electron chi connectivity index (χ3n) is 5.62. The fraction of sp³-hybridized carbons (Fsp3) is 0.296. The van der Waals surface area contributed by atoms with Crippen LogP contribution in [0, 0.1) is 18.3 Å². The van der Waals surface area contributed by atoms with Crippen LogP contribution in [0.2, 0.25) is 0 Å². The van der Waals surface area contributed by atoms with Crippen LogP contribution >= 0.6 is 0 Å². The molecular weight excluding hydrogens is 428 g/mol. The van der Waals surface area contributed by atoms with E-state index in [1.54, 1.807) is 30.8 Å². The van der Waals surface area contributed by atoms with Crippen molar-refractivity contribution in [3.05, 3.63) is 81.8 Å². The Hall–Kier alpha value is -4.05. The molecule has 3 aromatic rings. The van der Waals surface area contributed by atoms with Gasteiger partial charge in [0.05, 0.1) is 18.0 Å². The quantitative estimate of drug-likeness (QED) is 0.263. The Labute approximate surface area is 199 Å². The summed E-state index contributed by atoms with van der Waals surface area (Å²) in [6.07, 6.45) is 6.04. The molecular formula is C27H30N4O3. The molecule has 34 heavy (non-hydrogen) atoms. The Bertz CT molecular complexity index is 1250. The van der Waals surface area contributed by atoms with Gasteiger partial charge in [0, 0.05) is 7.05 Å². The van der Waals surface area contributed by atoms with Crippen molar-refractivity contribution in [3.8, 4) is 17.5 Å². The zero-order valence-electron chi connectivity index (χ0n) is 19.9. The van der Waals surface area contributed by atoms with Crippen molar-refractivity contribution in [1.29, 1.82) is 5.26 Å². The lowest BCUT2D eigenvalue weighted by atomic mass is 10.1. The highest BCUT2D eigenvalue weighted by molar-refractivity contribution is 6.09. The standard InChI is InChI=1S/C27H30N4O3/c1-4-5-6-10-17-34-24-15-13-21(14-16-24)18-22(19-28)26(32)29-25-20(2)30(3)31(27(25)33)23-11-8-7-9-12-23/h7-9,11-16,18H,4-6,10,17H2,1-3H3,(H,29,32)/b22-18+. The molecule has 0 aliphatic heterocycles. The second-order valence-corrected chi connectivity index (χ2v) is 8.04. The minimum absolute atomic E-state index is 0.0952. The average Bonchev–Trinajstić information content (AvgIpc) is 3.06. The molecule has 0 spiro atoms. The van der Waals surface area contributed by atoms with Gasteiger partial charge in [-0.05, 0) is 49.2 Å². The first-order chi connectivity index (χ1) is 16.5. The fourth-order valence-electron chi connectivity index (χ4n) is 3.59. The van der Waals surface area contributed by atoms with Crippen molar-refractivity contribution in [3.63, 3.8) is 0 Å². The molecule has 1 N–H and O–H groups in total. The summed E-state index contributed by atoms with van der Waals surface area (Å²) in [7, 11) is 1.74. The van der Waals surface area contributed by atoms with E-state index in [-0.39, 0.29) is 16.8 Å². The molecule has 0 aliphatic rings. The minimum atomic E-state index is -0.634. The Balaban J connectivity index is 1.73. The number of nitrogens with zero attached hydrogens (tertiary/aromatic N) is 3. The smallest absolute Gasteiger partial charge is 0.295 e. The van der Waals surface area contributed by atoms with Crippen LogP contribution < -0.4 is 15.6 Å². The van der Waals surface area contributed by atoms with E-state index in [9.17, 15) is 14.9 Å². The number of hydrogen-bond acceptors (Lipinski definition) is 4. The van der Waals surface area contributed by atoms with E-state index >= 15 is 0 Å². The van der Waals surface area contributed by atoms with Crippen LogP contribution in [0.5, 0.6) is 5.75 Å². The Morgan fingerprint density at radius 1 is 1.09 bits per heavy atom. The lowest BCUT2D eigenvalue weighted by Gasteiger charge is -2.07. The third kappa shape index (κ3) is 5.84.